The number of rotatable bonds is 6. The third-order valence-corrected chi connectivity index (χ3v) is 7.12. The van der Waals surface area contributed by atoms with Crippen LogP contribution in [0.1, 0.15) is 24.2 Å². The number of halogens is 2. The summed E-state index contributed by atoms with van der Waals surface area (Å²) in [4.78, 5) is 12.2. The molecule has 1 heterocycles. The molecule has 2 aromatic carbocycles. The van der Waals surface area contributed by atoms with E-state index in [2.05, 4.69) is 21.2 Å². The molecule has 1 aliphatic rings. The largest absolute Gasteiger partial charge is 0.486 e. The van der Waals surface area contributed by atoms with Gasteiger partial charge in [-0.05, 0) is 34.1 Å². The van der Waals surface area contributed by atoms with Gasteiger partial charge in [0.25, 0.3) is 5.91 Å². The van der Waals surface area contributed by atoms with Crippen molar-refractivity contribution in [2.24, 2.45) is 0 Å². The molecule has 1 aliphatic heterocycles. The first-order chi connectivity index (χ1) is 13.8. The van der Waals surface area contributed by atoms with E-state index in [0.717, 1.165) is 16.4 Å². The molecule has 0 bridgehead atoms. The second kappa shape index (κ2) is 8.68. The van der Waals surface area contributed by atoms with Crippen LogP contribution in [0.4, 0.5) is 10.1 Å². The van der Waals surface area contributed by atoms with E-state index in [0.29, 0.717) is 34.9 Å². The number of fused-ring (bicyclic) bond motifs is 1. The molecule has 1 N–H and O–H groups in total. The van der Waals surface area contributed by atoms with Gasteiger partial charge >= 0.3 is 0 Å². The van der Waals surface area contributed by atoms with Crippen LogP contribution in [0.3, 0.4) is 0 Å². The molecular weight excluding hydrogens is 467 g/mol. The van der Waals surface area contributed by atoms with Crippen molar-refractivity contribution in [1.82, 2.24) is 4.31 Å². The summed E-state index contributed by atoms with van der Waals surface area (Å²) >= 11 is 3.36. The molecule has 2 aromatic rings. The first-order valence-electron chi connectivity index (χ1n) is 8.98. The Bertz CT molecular complexity index is 1040. The second-order valence-electron chi connectivity index (χ2n) is 6.16. The van der Waals surface area contributed by atoms with E-state index < -0.39 is 26.6 Å². The molecular formula is C19H20BrFN2O5S. The van der Waals surface area contributed by atoms with Crippen molar-refractivity contribution < 1.29 is 27.1 Å². The van der Waals surface area contributed by atoms with Crippen molar-refractivity contribution in [1.29, 1.82) is 0 Å². The van der Waals surface area contributed by atoms with Crippen LogP contribution in [-0.4, -0.2) is 44.9 Å². The monoisotopic (exact) mass is 486 g/mol. The van der Waals surface area contributed by atoms with Gasteiger partial charge in [-0.15, -0.1) is 0 Å². The van der Waals surface area contributed by atoms with Crippen LogP contribution in [0.15, 0.2) is 39.7 Å². The van der Waals surface area contributed by atoms with Crippen LogP contribution in [0.25, 0.3) is 0 Å². The Balaban J connectivity index is 1.91. The number of benzene rings is 2. The number of carbonyl (C=O) groups is 1. The highest BCUT2D eigenvalue weighted by Gasteiger charge is 2.26. The zero-order valence-electron chi connectivity index (χ0n) is 15.9. The van der Waals surface area contributed by atoms with Crippen molar-refractivity contribution >= 4 is 37.5 Å². The molecule has 7 nitrogen and oxygen atoms in total. The third kappa shape index (κ3) is 4.39. The van der Waals surface area contributed by atoms with Crippen molar-refractivity contribution in [3.05, 3.63) is 46.2 Å². The molecule has 1 amide bonds. The zero-order valence-corrected chi connectivity index (χ0v) is 18.3. The number of nitrogens with one attached hydrogen (secondary N) is 1. The van der Waals surface area contributed by atoms with Gasteiger partial charge in [-0.2, -0.15) is 4.31 Å². The van der Waals surface area contributed by atoms with E-state index in [4.69, 9.17) is 9.47 Å². The van der Waals surface area contributed by atoms with Crippen LogP contribution >= 0.6 is 15.9 Å². The zero-order chi connectivity index (χ0) is 21.2. The molecule has 0 saturated heterocycles. The summed E-state index contributed by atoms with van der Waals surface area (Å²) in [5.41, 5.74) is 0.427. The minimum absolute atomic E-state index is 0.0129. The maximum absolute atomic E-state index is 14.3. The van der Waals surface area contributed by atoms with E-state index in [-0.39, 0.29) is 18.7 Å². The molecule has 0 fully saturated rings. The minimum atomic E-state index is -4.05. The lowest BCUT2D eigenvalue weighted by Gasteiger charge is -2.20. The van der Waals surface area contributed by atoms with Crippen molar-refractivity contribution in [2.75, 3.05) is 31.6 Å². The van der Waals surface area contributed by atoms with Gasteiger partial charge in [-0.3, -0.25) is 4.79 Å². The molecule has 0 aliphatic carbocycles. The van der Waals surface area contributed by atoms with E-state index in [1.54, 1.807) is 26.0 Å². The molecule has 3 rings (SSSR count). The normalized spacial score (nSPS) is 13.4. The molecule has 0 radical (unpaired) electrons. The van der Waals surface area contributed by atoms with Crippen LogP contribution in [-0.2, 0) is 10.0 Å². The van der Waals surface area contributed by atoms with Crippen LogP contribution < -0.4 is 14.8 Å². The van der Waals surface area contributed by atoms with E-state index in [1.165, 1.54) is 6.07 Å². The summed E-state index contributed by atoms with van der Waals surface area (Å²) in [6, 6.07) is 6.53. The Morgan fingerprint density at radius 1 is 1.14 bits per heavy atom. The maximum atomic E-state index is 14.3. The number of anilines is 1. The number of carbonyl (C=O) groups excluding carboxylic acids is 1. The Morgan fingerprint density at radius 2 is 1.76 bits per heavy atom. The number of nitrogens with zero attached hydrogens (tertiary/aromatic N) is 1. The van der Waals surface area contributed by atoms with Crippen molar-refractivity contribution in [3.63, 3.8) is 0 Å². The molecule has 0 saturated carbocycles. The Kier molecular flexibility index (Phi) is 6.45. The summed E-state index contributed by atoms with van der Waals surface area (Å²) in [7, 11) is -4.05. The van der Waals surface area contributed by atoms with Gasteiger partial charge in [0.2, 0.25) is 10.0 Å². The topological polar surface area (TPSA) is 84.9 Å². The highest BCUT2D eigenvalue weighted by atomic mass is 79.9. The van der Waals surface area contributed by atoms with Gasteiger partial charge in [0.15, 0.2) is 11.5 Å². The van der Waals surface area contributed by atoms with Crippen LogP contribution in [0.2, 0.25) is 0 Å². The number of hydrogen-bond donors (Lipinski definition) is 1. The Morgan fingerprint density at radius 3 is 2.38 bits per heavy atom. The summed E-state index contributed by atoms with van der Waals surface area (Å²) < 4.78 is 52.3. The number of amides is 1. The van der Waals surface area contributed by atoms with Crippen LogP contribution in [0.5, 0.6) is 11.5 Å². The predicted octanol–water partition coefficient (Wildman–Crippen LogP) is 3.64. The highest BCUT2D eigenvalue weighted by molar-refractivity contribution is 9.10. The highest BCUT2D eigenvalue weighted by Crippen LogP contribution is 2.38. The minimum Gasteiger partial charge on any atom is -0.486 e. The summed E-state index contributed by atoms with van der Waals surface area (Å²) in [5.74, 6) is -0.457. The summed E-state index contributed by atoms with van der Waals surface area (Å²) in [6.07, 6.45) is 0. The Hall–Kier alpha value is -2.17. The Labute approximate surface area is 177 Å². The standard InChI is InChI=1S/C19H20BrFN2O5S/c1-3-23(4-2)29(25,26)18-9-12(5-6-14(18)21)19(24)22-15-11-17-16(10-13(15)20)27-7-8-28-17/h5-6,9-11H,3-4,7-8H2,1-2H3,(H,22,24). The molecule has 0 spiro atoms. The fourth-order valence-corrected chi connectivity index (χ4v) is 4.87. The second-order valence-corrected chi connectivity index (χ2v) is 8.93. The summed E-state index contributed by atoms with van der Waals surface area (Å²) in [5, 5.41) is 2.68. The van der Waals surface area contributed by atoms with Crippen LogP contribution in [0, 0.1) is 5.82 Å². The molecule has 0 unspecified atom stereocenters. The summed E-state index contributed by atoms with van der Waals surface area (Å²) in [6.45, 7) is 4.54. The number of hydrogen-bond acceptors (Lipinski definition) is 5. The van der Waals surface area contributed by atoms with Gasteiger partial charge < -0.3 is 14.8 Å². The molecule has 0 atom stereocenters. The fourth-order valence-electron chi connectivity index (χ4n) is 2.90. The van der Waals surface area contributed by atoms with Crippen molar-refractivity contribution in [3.8, 4) is 11.5 Å². The van der Waals surface area contributed by atoms with E-state index in [9.17, 15) is 17.6 Å². The SMILES string of the molecule is CCN(CC)S(=O)(=O)c1cc(C(=O)Nc2cc3c(cc2Br)OCCO3)ccc1F. The van der Waals surface area contributed by atoms with E-state index >= 15 is 0 Å². The number of sulfonamides is 1. The fraction of sp³-hybridized carbons (Fsp3) is 0.316. The molecule has 156 valence electrons. The molecule has 10 heteroatoms. The lowest BCUT2D eigenvalue weighted by molar-refractivity contribution is 0.102. The average molecular weight is 487 g/mol. The van der Waals surface area contributed by atoms with Gasteiger partial charge in [0.1, 0.15) is 23.9 Å². The lowest BCUT2D eigenvalue weighted by atomic mass is 10.2. The first-order valence-corrected chi connectivity index (χ1v) is 11.2. The van der Waals surface area contributed by atoms with E-state index in [1.807, 2.05) is 0 Å². The smallest absolute Gasteiger partial charge is 0.255 e. The quantitative estimate of drug-likeness (QED) is 0.673. The van der Waals surface area contributed by atoms with Gasteiger partial charge in [-0.1, -0.05) is 13.8 Å². The predicted molar refractivity (Wildman–Crippen MR) is 110 cm³/mol. The van der Waals surface area contributed by atoms with Gasteiger partial charge in [0, 0.05) is 35.3 Å². The maximum Gasteiger partial charge on any atom is 0.255 e. The molecule has 0 aromatic heterocycles. The van der Waals surface area contributed by atoms with Gasteiger partial charge in [-0.25, -0.2) is 12.8 Å². The molecule has 29 heavy (non-hydrogen) atoms. The lowest BCUT2D eigenvalue weighted by Crippen LogP contribution is -2.31. The van der Waals surface area contributed by atoms with Crippen molar-refractivity contribution in [2.45, 2.75) is 18.7 Å². The average Bonchev–Trinajstić information content (AvgIpc) is 2.69. The first kappa shape index (κ1) is 21.5. The number of ether oxygens (including phenoxy) is 2. The van der Waals surface area contributed by atoms with Gasteiger partial charge in [0.05, 0.1) is 5.69 Å². The third-order valence-electron chi connectivity index (χ3n) is 4.40.